The molecule has 15 heavy (non-hydrogen) atoms. The second kappa shape index (κ2) is 3.97. The molecule has 0 bridgehead atoms. The quantitative estimate of drug-likeness (QED) is 0.703. The smallest absolute Gasteiger partial charge is 0.196 e. The van der Waals surface area contributed by atoms with Gasteiger partial charge in [0, 0.05) is 13.0 Å². The Labute approximate surface area is 92.0 Å². The third kappa shape index (κ3) is 2.59. The van der Waals surface area contributed by atoms with Crippen LogP contribution in [0.2, 0.25) is 0 Å². The normalized spacial score (nSPS) is 22.9. The van der Waals surface area contributed by atoms with Crippen LogP contribution in [0, 0.1) is 5.41 Å². The van der Waals surface area contributed by atoms with Crippen molar-refractivity contribution in [1.82, 2.24) is 5.06 Å². The van der Waals surface area contributed by atoms with E-state index in [-0.39, 0.29) is 23.3 Å². The Bertz CT molecular complexity index is 286. The van der Waals surface area contributed by atoms with Crippen LogP contribution in [0.15, 0.2) is 11.8 Å². The molecule has 1 heterocycles. The molecule has 0 aromatic carbocycles. The highest BCUT2D eigenvalue weighted by Gasteiger charge is 2.38. The van der Waals surface area contributed by atoms with Crippen molar-refractivity contribution < 1.29 is 9.63 Å². The predicted octanol–water partition coefficient (Wildman–Crippen LogP) is 2.53. The topological polar surface area (TPSA) is 29.5 Å². The van der Waals surface area contributed by atoms with Crippen LogP contribution in [0.4, 0.5) is 0 Å². The van der Waals surface area contributed by atoms with Crippen molar-refractivity contribution in [2.45, 2.75) is 53.6 Å². The summed E-state index contributed by atoms with van der Waals surface area (Å²) in [6.07, 6.45) is 1.93. The van der Waals surface area contributed by atoms with Gasteiger partial charge in [0.1, 0.15) is 0 Å². The minimum Gasteiger partial charge on any atom is -0.402 e. The summed E-state index contributed by atoms with van der Waals surface area (Å²) in [4.78, 5) is 16.8. The molecule has 1 atom stereocenters. The Morgan fingerprint density at radius 3 is 2.27 bits per heavy atom. The van der Waals surface area contributed by atoms with Crippen molar-refractivity contribution in [3.8, 4) is 0 Å². The molecule has 0 aliphatic carbocycles. The van der Waals surface area contributed by atoms with Crippen LogP contribution in [0.5, 0.6) is 0 Å². The van der Waals surface area contributed by atoms with E-state index in [2.05, 4.69) is 34.6 Å². The van der Waals surface area contributed by atoms with E-state index in [9.17, 15) is 4.79 Å². The summed E-state index contributed by atoms with van der Waals surface area (Å²) in [6, 6.07) is 0.429. The van der Waals surface area contributed by atoms with Gasteiger partial charge in [-0.1, -0.05) is 20.8 Å². The number of ketones is 1. The lowest BCUT2D eigenvalue weighted by molar-refractivity contribution is -0.165. The molecular weight excluding hydrogens is 190 g/mol. The highest BCUT2D eigenvalue weighted by molar-refractivity contribution is 5.91. The van der Waals surface area contributed by atoms with Crippen LogP contribution < -0.4 is 0 Å². The van der Waals surface area contributed by atoms with Gasteiger partial charge in [-0.15, -0.1) is 5.06 Å². The lowest BCUT2D eigenvalue weighted by Crippen LogP contribution is -2.42. The van der Waals surface area contributed by atoms with E-state index in [1.165, 1.54) is 6.92 Å². The van der Waals surface area contributed by atoms with Crippen LogP contribution in [0.3, 0.4) is 0 Å². The number of carbonyl (C=O) groups excluding carboxylic acids is 1. The minimum atomic E-state index is -0.00704. The molecule has 0 spiro atoms. The average molecular weight is 211 g/mol. The lowest BCUT2D eigenvalue weighted by Gasteiger charge is -2.34. The summed E-state index contributed by atoms with van der Waals surface area (Å²) in [5.41, 5.74) is 0.0709. The first kappa shape index (κ1) is 12.2. The van der Waals surface area contributed by atoms with Gasteiger partial charge in [-0.25, -0.2) is 0 Å². The van der Waals surface area contributed by atoms with Gasteiger partial charge in [0.25, 0.3) is 0 Å². The highest BCUT2D eigenvalue weighted by atomic mass is 16.7. The fraction of sp³-hybridized carbons (Fsp3) is 0.750. The van der Waals surface area contributed by atoms with Gasteiger partial charge in [0.05, 0.1) is 6.04 Å². The number of allylic oxidation sites excluding steroid dienone is 1. The number of nitrogens with zero attached hydrogens (tertiary/aromatic N) is 1. The van der Waals surface area contributed by atoms with E-state index in [1.807, 2.05) is 11.1 Å². The summed E-state index contributed by atoms with van der Waals surface area (Å²) in [6.45, 7) is 12.1. The van der Waals surface area contributed by atoms with Gasteiger partial charge in [-0.05, 0) is 25.3 Å². The maximum Gasteiger partial charge on any atom is 0.196 e. The van der Waals surface area contributed by atoms with Crippen LogP contribution >= 0.6 is 0 Å². The van der Waals surface area contributed by atoms with Gasteiger partial charge in [-0.2, -0.15) is 0 Å². The molecule has 3 heteroatoms. The second-order valence-electron chi connectivity index (χ2n) is 5.44. The van der Waals surface area contributed by atoms with Gasteiger partial charge < -0.3 is 4.84 Å². The molecule has 1 aliphatic rings. The number of Topliss-reactive ketones (excluding diaryl/α,β-unsaturated/α-hetero) is 1. The molecule has 0 aromatic heterocycles. The SMILES string of the molecule is CC(=O)C1=CC(C(C)(C)C)N(C(C)C)O1. The zero-order valence-electron chi connectivity index (χ0n) is 10.5. The molecule has 3 nitrogen and oxygen atoms in total. The molecule has 0 saturated carbocycles. The number of hydroxylamine groups is 2. The maximum absolute atomic E-state index is 11.3. The minimum absolute atomic E-state index is 0.00704. The highest BCUT2D eigenvalue weighted by Crippen LogP contribution is 2.33. The Morgan fingerprint density at radius 2 is 2.00 bits per heavy atom. The van der Waals surface area contributed by atoms with Crippen molar-refractivity contribution in [3.63, 3.8) is 0 Å². The number of hydrogen-bond donors (Lipinski definition) is 0. The first-order chi connectivity index (χ1) is 6.73. The Hall–Kier alpha value is -0.830. The van der Waals surface area contributed by atoms with E-state index >= 15 is 0 Å². The fourth-order valence-electron chi connectivity index (χ4n) is 1.66. The van der Waals surface area contributed by atoms with Gasteiger partial charge in [0.2, 0.25) is 0 Å². The largest absolute Gasteiger partial charge is 0.402 e. The Kier molecular flexibility index (Phi) is 3.24. The van der Waals surface area contributed by atoms with Crippen LogP contribution in [0.25, 0.3) is 0 Å². The zero-order chi connectivity index (χ0) is 11.8. The molecule has 0 aromatic rings. The van der Waals surface area contributed by atoms with E-state index in [1.54, 1.807) is 0 Å². The molecule has 1 unspecified atom stereocenters. The molecule has 0 fully saturated rings. The van der Waals surface area contributed by atoms with E-state index < -0.39 is 0 Å². The predicted molar refractivity (Wildman–Crippen MR) is 60.1 cm³/mol. The first-order valence-corrected chi connectivity index (χ1v) is 5.42. The zero-order valence-corrected chi connectivity index (χ0v) is 10.5. The van der Waals surface area contributed by atoms with E-state index in [4.69, 9.17) is 4.84 Å². The Morgan fingerprint density at radius 1 is 1.47 bits per heavy atom. The molecule has 1 rings (SSSR count). The van der Waals surface area contributed by atoms with Crippen LogP contribution in [-0.2, 0) is 9.63 Å². The summed E-state index contributed by atoms with van der Waals surface area (Å²) in [5.74, 6) is 0.469. The summed E-state index contributed by atoms with van der Waals surface area (Å²) in [7, 11) is 0. The number of carbonyl (C=O) groups is 1. The van der Waals surface area contributed by atoms with Crippen molar-refractivity contribution >= 4 is 5.78 Å². The molecule has 0 amide bonds. The third-order valence-electron chi connectivity index (χ3n) is 2.53. The average Bonchev–Trinajstić information content (AvgIpc) is 2.45. The number of rotatable bonds is 2. The lowest BCUT2D eigenvalue weighted by atomic mass is 9.86. The molecule has 0 saturated heterocycles. The molecular formula is C12H21NO2. The number of hydrogen-bond acceptors (Lipinski definition) is 3. The second-order valence-corrected chi connectivity index (χ2v) is 5.44. The van der Waals surface area contributed by atoms with Gasteiger partial charge in [-0.3, -0.25) is 4.79 Å². The molecule has 86 valence electrons. The summed E-state index contributed by atoms with van der Waals surface area (Å²) in [5, 5.41) is 1.90. The van der Waals surface area contributed by atoms with Crippen LogP contribution in [-0.4, -0.2) is 22.9 Å². The first-order valence-electron chi connectivity index (χ1n) is 5.42. The Balaban J connectivity index is 2.94. The maximum atomic E-state index is 11.3. The van der Waals surface area contributed by atoms with Gasteiger partial charge >= 0.3 is 0 Å². The standard InChI is InChI=1S/C12H21NO2/c1-8(2)13-11(12(4,5)6)7-10(15-13)9(3)14/h7-8,11H,1-6H3. The summed E-state index contributed by atoms with van der Waals surface area (Å²) >= 11 is 0. The van der Waals surface area contributed by atoms with Crippen molar-refractivity contribution in [1.29, 1.82) is 0 Å². The van der Waals surface area contributed by atoms with Crippen molar-refractivity contribution in [2.75, 3.05) is 0 Å². The van der Waals surface area contributed by atoms with E-state index in [0.717, 1.165) is 0 Å². The monoisotopic (exact) mass is 211 g/mol. The fourth-order valence-corrected chi connectivity index (χ4v) is 1.66. The molecule has 1 aliphatic heterocycles. The van der Waals surface area contributed by atoms with Crippen molar-refractivity contribution in [2.24, 2.45) is 5.41 Å². The van der Waals surface area contributed by atoms with Gasteiger partial charge in [0.15, 0.2) is 11.5 Å². The molecule has 0 radical (unpaired) electrons. The third-order valence-corrected chi connectivity index (χ3v) is 2.53. The van der Waals surface area contributed by atoms with Crippen molar-refractivity contribution in [3.05, 3.63) is 11.8 Å². The van der Waals surface area contributed by atoms with Crippen LogP contribution in [0.1, 0.15) is 41.5 Å². The van der Waals surface area contributed by atoms with E-state index in [0.29, 0.717) is 5.76 Å². The molecule has 0 N–H and O–H groups in total. The summed E-state index contributed by atoms with van der Waals surface area (Å²) < 4.78 is 0.